The summed E-state index contributed by atoms with van der Waals surface area (Å²) >= 11 is 0. The van der Waals surface area contributed by atoms with Gasteiger partial charge in [0.05, 0.1) is 0 Å². The first-order valence-corrected chi connectivity index (χ1v) is 3.90. The molecule has 0 aromatic heterocycles. The van der Waals surface area contributed by atoms with Crippen LogP contribution in [-0.4, -0.2) is 47.1 Å². The third-order valence-corrected chi connectivity index (χ3v) is 1.34. The number of carbonyl (C=O) groups excluding carboxylic acids is 1. The van der Waals surface area contributed by atoms with Crippen LogP contribution in [0.15, 0.2) is 0 Å². The number of rotatable bonds is 6. The van der Waals surface area contributed by atoms with Crippen molar-refractivity contribution in [3.63, 3.8) is 0 Å². The molecule has 1 amide bonds. The van der Waals surface area contributed by atoms with Crippen molar-refractivity contribution in [1.29, 1.82) is 0 Å². The van der Waals surface area contributed by atoms with Gasteiger partial charge >= 0.3 is 0 Å². The third-order valence-electron chi connectivity index (χ3n) is 1.34. The van der Waals surface area contributed by atoms with E-state index in [-0.39, 0.29) is 19.6 Å². The van der Waals surface area contributed by atoms with Crippen LogP contribution in [0.5, 0.6) is 0 Å². The maximum Gasteiger partial charge on any atom is 0.248 e. The minimum Gasteiger partial charge on any atom is -0.396 e. The van der Waals surface area contributed by atoms with Gasteiger partial charge < -0.3 is 20.6 Å². The number of amides is 1. The van der Waals surface area contributed by atoms with Crippen molar-refractivity contribution in [2.24, 2.45) is 0 Å². The van der Waals surface area contributed by atoms with Crippen LogP contribution in [0.3, 0.4) is 0 Å². The Morgan fingerprint density at radius 2 is 2.00 bits per heavy atom. The van der Waals surface area contributed by atoms with Gasteiger partial charge in [-0.15, -0.1) is 0 Å². The molecule has 4 N–H and O–H groups in total. The highest BCUT2D eigenvalue weighted by molar-refractivity contribution is 5.80. The lowest BCUT2D eigenvalue weighted by Gasteiger charge is -2.08. The van der Waals surface area contributed by atoms with Crippen molar-refractivity contribution in [2.45, 2.75) is 18.9 Å². The standard InChI is InChI=1S/C7H15NO4/c9-4-1-3-8-7(12)6(11)2-5-10/h6,9-11H,1-5H2,(H,8,12)/t6-/m1/s1. The van der Waals surface area contributed by atoms with Crippen LogP contribution in [0.2, 0.25) is 0 Å². The van der Waals surface area contributed by atoms with Gasteiger partial charge in [0.1, 0.15) is 6.10 Å². The van der Waals surface area contributed by atoms with Gasteiger partial charge in [-0.05, 0) is 6.42 Å². The molecular formula is C7H15NO4. The molecule has 0 heterocycles. The Morgan fingerprint density at radius 1 is 1.33 bits per heavy atom. The summed E-state index contributed by atoms with van der Waals surface area (Å²) in [6.45, 7) is 0.142. The van der Waals surface area contributed by atoms with E-state index in [9.17, 15) is 4.79 Å². The monoisotopic (exact) mass is 177 g/mol. The normalized spacial score (nSPS) is 12.6. The maximum absolute atomic E-state index is 10.9. The fourth-order valence-corrected chi connectivity index (χ4v) is 0.662. The molecule has 0 unspecified atom stereocenters. The highest BCUT2D eigenvalue weighted by Gasteiger charge is 2.12. The highest BCUT2D eigenvalue weighted by Crippen LogP contribution is 1.89. The molecule has 0 aliphatic carbocycles. The second kappa shape index (κ2) is 7.02. The number of aliphatic hydroxyl groups is 3. The van der Waals surface area contributed by atoms with E-state index in [0.29, 0.717) is 13.0 Å². The fourth-order valence-electron chi connectivity index (χ4n) is 0.662. The molecule has 0 radical (unpaired) electrons. The average Bonchev–Trinajstić information content (AvgIpc) is 2.05. The quantitative estimate of drug-likeness (QED) is 0.361. The van der Waals surface area contributed by atoms with Crippen LogP contribution in [0.1, 0.15) is 12.8 Å². The summed E-state index contributed by atoms with van der Waals surface area (Å²) in [4.78, 5) is 10.9. The number of aliphatic hydroxyl groups excluding tert-OH is 3. The molecule has 0 saturated heterocycles. The van der Waals surface area contributed by atoms with E-state index < -0.39 is 12.0 Å². The maximum atomic E-state index is 10.9. The largest absolute Gasteiger partial charge is 0.396 e. The summed E-state index contributed by atoms with van der Waals surface area (Å²) in [5, 5.41) is 28.1. The zero-order valence-corrected chi connectivity index (χ0v) is 6.86. The molecule has 5 nitrogen and oxygen atoms in total. The third kappa shape index (κ3) is 5.06. The molecule has 12 heavy (non-hydrogen) atoms. The van der Waals surface area contributed by atoms with E-state index in [1.165, 1.54) is 0 Å². The molecule has 0 aliphatic heterocycles. The molecule has 0 aromatic rings. The predicted octanol–water partition coefficient (Wildman–Crippen LogP) is -1.77. The molecule has 0 fully saturated rings. The van der Waals surface area contributed by atoms with Crippen LogP contribution >= 0.6 is 0 Å². The smallest absolute Gasteiger partial charge is 0.248 e. The van der Waals surface area contributed by atoms with E-state index in [1.807, 2.05) is 0 Å². The minimum absolute atomic E-state index is 0.0103. The van der Waals surface area contributed by atoms with E-state index in [2.05, 4.69) is 5.32 Å². The van der Waals surface area contributed by atoms with Crippen molar-refractivity contribution in [3.8, 4) is 0 Å². The van der Waals surface area contributed by atoms with Crippen LogP contribution in [0, 0.1) is 0 Å². The van der Waals surface area contributed by atoms with Gasteiger partial charge in [-0.2, -0.15) is 0 Å². The number of carbonyl (C=O) groups is 1. The van der Waals surface area contributed by atoms with Gasteiger partial charge in [-0.1, -0.05) is 0 Å². The number of nitrogens with one attached hydrogen (secondary N) is 1. The number of hydrogen-bond acceptors (Lipinski definition) is 4. The molecule has 1 atom stereocenters. The van der Waals surface area contributed by atoms with Crippen molar-refractivity contribution in [1.82, 2.24) is 5.32 Å². The van der Waals surface area contributed by atoms with Crippen LogP contribution in [0.4, 0.5) is 0 Å². The first-order valence-electron chi connectivity index (χ1n) is 3.90. The summed E-state index contributed by atoms with van der Waals surface area (Å²) in [6, 6.07) is 0. The van der Waals surface area contributed by atoms with E-state index in [1.54, 1.807) is 0 Å². The van der Waals surface area contributed by atoms with E-state index >= 15 is 0 Å². The number of hydrogen-bond donors (Lipinski definition) is 4. The molecular weight excluding hydrogens is 162 g/mol. The SMILES string of the molecule is O=C(NCCCO)[C@H](O)CCO. The first kappa shape index (κ1) is 11.4. The Bertz CT molecular complexity index is 129. The molecule has 0 aliphatic rings. The van der Waals surface area contributed by atoms with Gasteiger partial charge in [0, 0.05) is 26.2 Å². The summed E-state index contributed by atoms with van der Waals surface area (Å²) in [5.74, 6) is -0.502. The molecule has 5 heteroatoms. The lowest BCUT2D eigenvalue weighted by atomic mass is 10.2. The Labute approximate surface area is 71.0 Å². The first-order chi connectivity index (χ1) is 5.72. The van der Waals surface area contributed by atoms with E-state index in [0.717, 1.165) is 0 Å². The molecule has 0 rings (SSSR count). The van der Waals surface area contributed by atoms with Crippen molar-refractivity contribution in [2.75, 3.05) is 19.8 Å². The summed E-state index contributed by atoms with van der Waals surface area (Å²) < 4.78 is 0. The molecule has 0 bridgehead atoms. The molecule has 0 aromatic carbocycles. The molecule has 72 valence electrons. The lowest BCUT2D eigenvalue weighted by Crippen LogP contribution is -2.35. The van der Waals surface area contributed by atoms with Gasteiger partial charge in [-0.25, -0.2) is 0 Å². The fraction of sp³-hybridized carbons (Fsp3) is 0.857. The Kier molecular flexibility index (Phi) is 6.64. The van der Waals surface area contributed by atoms with Crippen LogP contribution in [0.25, 0.3) is 0 Å². The predicted molar refractivity (Wildman–Crippen MR) is 42.4 cm³/mol. The van der Waals surface area contributed by atoms with Crippen molar-refractivity contribution in [3.05, 3.63) is 0 Å². The zero-order valence-electron chi connectivity index (χ0n) is 6.86. The zero-order chi connectivity index (χ0) is 9.40. The van der Waals surface area contributed by atoms with Crippen molar-refractivity contribution >= 4 is 5.91 Å². The highest BCUT2D eigenvalue weighted by atomic mass is 16.3. The Morgan fingerprint density at radius 3 is 2.50 bits per heavy atom. The topological polar surface area (TPSA) is 89.8 Å². The van der Waals surface area contributed by atoms with Gasteiger partial charge in [0.15, 0.2) is 0 Å². The van der Waals surface area contributed by atoms with Crippen molar-refractivity contribution < 1.29 is 20.1 Å². The Balaban J connectivity index is 3.43. The molecule has 0 saturated carbocycles. The van der Waals surface area contributed by atoms with E-state index in [4.69, 9.17) is 15.3 Å². The summed E-state index contributed by atoms with van der Waals surface area (Å²) in [7, 11) is 0. The summed E-state index contributed by atoms with van der Waals surface area (Å²) in [6.07, 6.45) is -0.628. The summed E-state index contributed by atoms with van der Waals surface area (Å²) in [5.41, 5.74) is 0. The van der Waals surface area contributed by atoms with Crippen LogP contribution < -0.4 is 5.32 Å². The Hall–Kier alpha value is -0.650. The second-order valence-electron chi connectivity index (χ2n) is 2.40. The minimum atomic E-state index is -1.14. The van der Waals surface area contributed by atoms with Gasteiger partial charge in [0.25, 0.3) is 0 Å². The lowest BCUT2D eigenvalue weighted by molar-refractivity contribution is -0.130. The van der Waals surface area contributed by atoms with Gasteiger partial charge in [-0.3, -0.25) is 4.79 Å². The second-order valence-corrected chi connectivity index (χ2v) is 2.40. The average molecular weight is 177 g/mol. The van der Waals surface area contributed by atoms with Gasteiger partial charge in [0.2, 0.25) is 5.91 Å². The molecule has 0 spiro atoms. The van der Waals surface area contributed by atoms with Crippen LogP contribution in [-0.2, 0) is 4.79 Å².